The molecule has 6 unspecified atom stereocenters. The quantitative estimate of drug-likeness (QED) is 0.332. The fraction of sp³-hybridized carbons (Fsp3) is 0.500. The van der Waals surface area contributed by atoms with E-state index in [0.29, 0.717) is 22.0 Å². The molecule has 2 aliphatic carbocycles. The zero-order valence-electron chi connectivity index (χ0n) is 19.2. The Morgan fingerprint density at radius 2 is 1.83 bits per heavy atom. The molecule has 1 N–H and O–H groups in total. The van der Waals surface area contributed by atoms with Crippen LogP contribution in [0.25, 0.3) is 0 Å². The number of carbonyl (C=O) groups is 4. The van der Waals surface area contributed by atoms with Gasteiger partial charge >= 0.3 is 0 Å². The molecule has 1 aromatic rings. The number of halogens is 3. The van der Waals surface area contributed by atoms with Gasteiger partial charge in [0.25, 0.3) is 11.8 Å². The second kappa shape index (κ2) is 7.95. The molecule has 186 valence electrons. The lowest BCUT2D eigenvalue weighted by atomic mass is 9.56. The highest BCUT2D eigenvalue weighted by molar-refractivity contribution is 9.10. The van der Waals surface area contributed by atoms with Crippen LogP contribution >= 0.6 is 39.1 Å². The lowest BCUT2D eigenvalue weighted by Gasteiger charge is -2.50. The summed E-state index contributed by atoms with van der Waals surface area (Å²) in [6.45, 7) is 2.00. The minimum absolute atomic E-state index is 0.0522. The summed E-state index contributed by atoms with van der Waals surface area (Å²) in [6, 6.07) is 3.16. The van der Waals surface area contributed by atoms with Gasteiger partial charge in [-0.25, -0.2) is 0 Å². The Hall–Kier alpha value is -2.10. The Kier molecular flexibility index (Phi) is 5.58. The highest BCUT2D eigenvalue weighted by Crippen LogP contribution is 2.65. The molecular weight excluding hydrogens is 563 g/mol. The average molecular weight is 586 g/mol. The molecule has 2 saturated heterocycles. The number of nitrogens with zero attached hydrogens (tertiary/aromatic N) is 2. The molecule has 0 bridgehead atoms. The van der Waals surface area contributed by atoms with E-state index < -0.39 is 45.2 Å². The van der Waals surface area contributed by atoms with Crippen LogP contribution in [0.2, 0.25) is 0 Å². The molecule has 3 fully saturated rings. The van der Waals surface area contributed by atoms with E-state index in [0.717, 1.165) is 4.90 Å². The minimum Gasteiger partial charge on any atom is -0.503 e. The first-order valence-electron chi connectivity index (χ1n) is 11.3. The highest BCUT2D eigenvalue weighted by atomic mass is 79.9. The third kappa shape index (κ3) is 2.92. The summed E-state index contributed by atoms with van der Waals surface area (Å²) in [5, 5.41) is 10.4. The van der Waals surface area contributed by atoms with Gasteiger partial charge in [-0.05, 0) is 59.3 Å². The summed E-state index contributed by atoms with van der Waals surface area (Å²) in [6.07, 6.45) is 2.12. The molecule has 2 heterocycles. The highest BCUT2D eigenvalue weighted by Gasteiger charge is 2.75. The molecule has 2 aliphatic heterocycles. The van der Waals surface area contributed by atoms with Crippen LogP contribution in [0.3, 0.4) is 0 Å². The van der Waals surface area contributed by atoms with Gasteiger partial charge in [-0.1, -0.05) is 11.6 Å². The van der Waals surface area contributed by atoms with E-state index in [2.05, 4.69) is 15.9 Å². The van der Waals surface area contributed by atoms with Crippen molar-refractivity contribution in [3.63, 3.8) is 0 Å². The zero-order valence-corrected chi connectivity index (χ0v) is 22.3. The van der Waals surface area contributed by atoms with Crippen LogP contribution in [0, 0.1) is 17.8 Å². The smallest absolute Gasteiger partial charge is 0.253 e. The molecular formula is C24H23BrCl2N2O6. The summed E-state index contributed by atoms with van der Waals surface area (Å²) < 4.78 is 5.62. The number of hydrogen-bond donors (Lipinski definition) is 1. The lowest BCUT2D eigenvalue weighted by Crippen LogP contribution is -2.60. The molecule has 5 rings (SSSR count). The second-order valence-electron chi connectivity index (χ2n) is 9.47. The number of fused-ring (bicyclic) bond motifs is 4. The average Bonchev–Trinajstić information content (AvgIpc) is 3.15. The Morgan fingerprint density at radius 1 is 1.14 bits per heavy atom. The number of alkyl halides is 2. The van der Waals surface area contributed by atoms with Crippen LogP contribution in [0.5, 0.6) is 11.5 Å². The predicted octanol–water partition coefficient (Wildman–Crippen LogP) is 3.17. The van der Waals surface area contributed by atoms with Gasteiger partial charge in [0.1, 0.15) is 0 Å². The standard InChI is InChI=1S/C24H23BrCl2N2O6/c1-4-29-19(31)12-6-5-11-13(16(12)20(29)32)9-23(26)21(33)28(2)22(34)24(23,27)17(11)10-7-14(25)18(30)15(8-10)35-3/h5,7-8,12-13,16-17,30H,4,6,9H2,1-3H3. The van der Waals surface area contributed by atoms with Crippen molar-refractivity contribution in [1.82, 2.24) is 9.80 Å². The van der Waals surface area contributed by atoms with E-state index in [4.69, 9.17) is 27.9 Å². The van der Waals surface area contributed by atoms with Gasteiger partial charge in [-0.2, -0.15) is 0 Å². The minimum atomic E-state index is -1.88. The largest absolute Gasteiger partial charge is 0.503 e. The molecule has 1 aromatic carbocycles. The number of allylic oxidation sites excluding steroid dienone is 2. The Morgan fingerprint density at radius 3 is 2.46 bits per heavy atom. The van der Waals surface area contributed by atoms with Gasteiger partial charge in [0.05, 0.1) is 23.4 Å². The molecule has 0 spiro atoms. The molecule has 4 amide bonds. The van der Waals surface area contributed by atoms with E-state index in [9.17, 15) is 24.3 Å². The number of aromatic hydroxyl groups is 1. The fourth-order valence-electron chi connectivity index (χ4n) is 6.41. The summed E-state index contributed by atoms with van der Waals surface area (Å²) >= 11 is 17.5. The number of carbonyl (C=O) groups excluding carboxylic acids is 4. The van der Waals surface area contributed by atoms with Crippen molar-refractivity contribution in [3.05, 3.63) is 33.8 Å². The van der Waals surface area contributed by atoms with Crippen LogP contribution in [0.1, 0.15) is 31.2 Å². The maximum Gasteiger partial charge on any atom is 0.253 e. The molecule has 1 saturated carbocycles. The first-order chi connectivity index (χ1) is 16.4. The second-order valence-corrected chi connectivity index (χ2v) is 11.6. The molecule has 35 heavy (non-hydrogen) atoms. The monoisotopic (exact) mass is 584 g/mol. The van der Waals surface area contributed by atoms with Crippen molar-refractivity contribution < 1.29 is 29.0 Å². The molecule has 0 aromatic heterocycles. The van der Waals surface area contributed by atoms with Crippen molar-refractivity contribution in [2.45, 2.75) is 35.4 Å². The van der Waals surface area contributed by atoms with Crippen molar-refractivity contribution in [3.8, 4) is 11.5 Å². The third-order valence-corrected chi connectivity index (χ3v) is 10.0. The van der Waals surface area contributed by atoms with Gasteiger partial charge in [0.2, 0.25) is 11.8 Å². The molecule has 11 heteroatoms. The number of imide groups is 2. The van der Waals surface area contributed by atoms with E-state index in [1.54, 1.807) is 19.1 Å². The van der Waals surface area contributed by atoms with Crippen LogP contribution in [0.4, 0.5) is 0 Å². The number of likely N-dealkylation sites (tertiary alicyclic amines) is 2. The maximum atomic E-state index is 13.5. The number of phenolic OH excluding ortho intramolecular Hbond substituents is 1. The summed E-state index contributed by atoms with van der Waals surface area (Å²) in [7, 11) is 2.73. The van der Waals surface area contributed by atoms with Crippen molar-refractivity contribution in [1.29, 1.82) is 0 Å². The van der Waals surface area contributed by atoms with Crippen molar-refractivity contribution >= 4 is 62.8 Å². The van der Waals surface area contributed by atoms with Crippen LogP contribution in [-0.2, 0) is 19.2 Å². The zero-order chi connectivity index (χ0) is 25.6. The van der Waals surface area contributed by atoms with E-state index in [-0.39, 0.29) is 36.3 Å². The molecule has 0 radical (unpaired) electrons. The predicted molar refractivity (Wildman–Crippen MR) is 130 cm³/mol. The molecule has 4 aliphatic rings. The number of methoxy groups -OCH3 is 1. The van der Waals surface area contributed by atoms with Crippen LogP contribution in [-0.4, -0.2) is 69.0 Å². The number of rotatable bonds is 3. The van der Waals surface area contributed by atoms with Gasteiger partial charge in [0.15, 0.2) is 21.2 Å². The SMILES string of the molecule is CCN1C(=O)C2CC=C3C(CC4(Cl)C(=O)N(C)C(=O)C4(Cl)C3c3cc(Br)c(O)c(OC)c3)C2C1=O. The van der Waals surface area contributed by atoms with E-state index >= 15 is 0 Å². The fourth-order valence-corrected chi connectivity index (χ4v) is 7.89. The Bertz CT molecular complexity index is 1240. The summed E-state index contributed by atoms with van der Waals surface area (Å²) in [5.74, 6) is -4.54. The number of hydrogen-bond acceptors (Lipinski definition) is 6. The van der Waals surface area contributed by atoms with Crippen LogP contribution in [0.15, 0.2) is 28.3 Å². The number of amides is 4. The third-order valence-electron chi connectivity index (χ3n) is 8.03. The maximum absolute atomic E-state index is 13.5. The lowest BCUT2D eigenvalue weighted by molar-refractivity contribution is -0.141. The number of ether oxygens (including phenoxy) is 1. The van der Waals surface area contributed by atoms with Crippen LogP contribution < -0.4 is 4.74 Å². The van der Waals surface area contributed by atoms with Gasteiger partial charge in [-0.3, -0.25) is 29.0 Å². The normalized spacial score (nSPS) is 36.2. The van der Waals surface area contributed by atoms with Crippen molar-refractivity contribution in [2.75, 3.05) is 20.7 Å². The van der Waals surface area contributed by atoms with Gasteiger partial charge in [0, 0.05) is 19.5 Å². The Balaban J connectivity index is 1.76. The van der Waals surface area contributed by atoms with Crippen molar-refractivity contribution in [2.24, 2.45) is 17.8 Å². The van der Waals surface area contributed by atoms with E-state index in [1.807, 2.05) is 6.08 Å². The Labute approximate surface area is 220 Å². The number of phenols is 1. The molecule has 6 atom stereocenters. The number of benzene rings is 1. The first-order valence-corrected chi connectivity index (χ1v) is 12.8. The molecule has 8 nitrogen and oxygen atoms in total. The first kappa shape index (κ1) is 24.6. The summed E-state index contributed by atoms with van der Waals surface area (Å²) in [4.78, 5) is 51.6. The van der Waals surface area contributed by atoms with E-state index in [1.165, 1.54) is 19.1 Å². The topological polar surface area (TPSA) is 104 Å². The van der Waals surface area contributed by atoms with Gasteiger partial charge in [-0.15, -0.1) is 23.2 Å². The summed E-state index contributed by atoms with van der Waals surface area (Å²) in [5.41, 5.74) is 1.18. The van der Waals surface area contributed by atoms with Gasteiger partial charge < -0.3 is 9.84 Å².